The first-order chi connectivity index (χ1) is 13.6. The van der Waals surface area contributed by atoms with Gasteiger partial charge >= 0.3 is 6.03 Å². The highest BCUT2D eigenvalue weighted by Gasteiger charge is 2.31. The van der Waals surface area contributed by atoms with Crippen LogP contribution < -0.4 is 5.32 Å². The van der Waals surface area contributed by atoms with Crippen LogP contribution in [0.3, 0.4) is 0 Å². The number of benzene rings is 1. The third-order valence-electron chi connectivity index (χ3n) is 5.79. The van der Waals surface area contributed by atoms with Crippen molar-refractivity contribution in [3.05, 3.63) is 53.3 Å². The second kappa shape index (κ2) is 8.03. The minimum atomic E-state index is -0.0152. The summed E-state index contributed by atoms with van der Waals surface area (Å²) in [6, 6.07) is 14.5. The third kappa shape index (κ3) is 4.02. The minimum absolute atomic E-state index is 0.0152. The van der Waals surface area contributed by atoms with Gasteiger partial charge in [-0.3, -0.25) is 4.68 Å². The predicted octanol–water partition coefficient (Wildman–Crippen LogP) is 1.84. The maximum absolute atomic E-state index is 12.9. The van der Waals surface area contributed by atoms with Gasteiger partial charge in [-0.2, -0.15) is 10.4 Å². The van der Waals surface area contributed by atoms with Crippen molar-refractivity contribution in [1.82, 2.24) is 24.9 Å². The second-order valence-corrected chi connectivity index (χ2v) is 7.83. The largest absolute Gasteiger partial charge is 0.335 e. The standard InChI is InChI=1S/C21H26N6O/c1-25-8-7-20(17(14-25)11-16-5-3-2-4-6-16)23-21(28)26-9-10-27-19(15-26)12-18(13-22)24-27/h2-6,12,17,20H,7-11,14-15H2,1H3,(H,23,28)/t17-,20+/m0/s1. The number of fused-ring (bicyclic) bond motifs is 1. The number of rotatable bonds is 3. The number of carbonyl (C=O) groups excluding carboxylic acids is 1. The minimum Gasteiger partial charge on any atom is -0.335 e. The Kier molecular flexibility index (Phi) is 5.31. The van der Waals surface area contributed by atoms with E-state index >= 15 is 0 Å². The van der Waals surface area contributed by atoms with Crippen LogP contribution >= 0.6 is 0 Å². The van der Waals surface area contributed by atoms with E-state index in [0.29, 0.717) is 31.2 Å². The Hall–Kier alpha value is -2.85. The molecule has 7 nitrogen and oxygen atoms in total. The van der Waals surface area contributed by atoms with E-state index in [1.807, 2.05) is 15.6 Å². The van der Waals surface area contributed by atoms with E-state index in [-0.39, 0.29) is 12.1 Å². The molecule has 0 radical (unpaired) electrons. The molecule has 2 aliphatic rings. The highest BCUT2D eigenvalue weighted by molar-refractivity contribution is 5.74. The van der Waals surface area contributed by atoms with E-state index in [1.54, 1.807) is 6.07 Å². The SMILES string of the molecule is CN1CC[C@@H](NC(=O)N2CCn3nc(C#N)cc3C2)[C@@H](Cc2ccccc2)C1. The van der Waals surface area contributed by atoms with Crippen LogP contribution in [0.4, 0.5) is 4.79 Å². The van der Waals surface area contributed by atoms with Crippen molar-refractivity contribution in [2.24, 2.45) is 5.92 Å². The molecule has 1 fully saturated rings. The molecule has 2 aromatic rings. The Balaban J connectivity index is 1.41. The van der Waals surface area contributed by atoms with Gasteiger partial charge in [0.15, 0.2) is 5.69 Å². The summed E-state index contributed by atoms with van der Waals surface area (Å²) in [5.41, 5.74) is 2.64. The number of carbonyl (C=O) groups is 1. The fourth-order valence-corrected chi connectivity index (χ4v) is 4.27. The number of urea groups is 1. The summed E-state index contributed by atoms with van der Waals surface area (Å²) in [6.45, 7) is 3.72. The fourth-order valence-electron chi connectivity index (χ4n) is 4.27. The second-order valence-electron chi connectivity index (χ2n) is 7.83. The van der Waals surface area contributed by atoms with Gasteiger partial charge in [0.1, 0.15) is 6.07 Å². The quantitative estimate of drug-likeness (QED) is 0.884. The average Bonchev–Trinajstić information content (AvgIpc) is 3.13. The van der Waals surface area contributed by atoms with Gasteiger partial charge in [-0.1, -0.05) is 30.3 Å². The zero-order valence-corrected chi connectivity index (χ0v) is 16.2. The maximum Gasteiger partial charge on any atom is 0.318 e. The molecule has 0 bridgehead atoms. The number of hydrogen-bond donors (Lipinski definition) is 1. The predicted molar refractivity (Wildman–Crippen MR) is 105 cm³/mol. The molecule has 146 valence electrons. The molecular formula is C21H26N6O. The first kappa shape index (κ1) is 18.5. The Morgan fingerprint density at radius 2 is 2.11 bits per heavy atom. The van der Waals surface area contributed by atoms with Gasteiger partial charge in [0.25, 0.3) is 0 Å². The molecule has 1 aromatic heterocycles. The Labute approximate surface area is 165 Å². The maximum atomic E-state index is 12.9. The first-order valence-corrected chi connectivity index (χ1v) is 9.87. The van der Waals surface area contributed by atoms with Crippen molar-refractivity contribution < 1.29 is 4.79 Å². The summed E-state index contributed by atoms with van der Waals surface area (Å²) in [5, 5.41) is 16.6. The molecule has 2 amide bonds. The zero-order chi connectivity index (χ0) is 19.5. The van der Waals surface area contributed by atoms with Crippen LogP contribution in [-0.4, -0.2) is 58.3 Å². The van der Waals surface area contributed by atoms with Gasteiger partial charge in [-0.25, -0.2) is 4.79 Å². The van der Waals surface area contributed by atoms with Gasteiger partial charge in [-0.15, -0.1) is 0 Å². The molecule has 2 atom stereocenters. The van der Waals surface area contributed by atoms with Crippen LogP contribution in [0, 0.1) is 17.2 Å². The fraction of sp³-hybridized carbons (Fsp3) is 0.476. The third-order valence-corrected chi connectivity index (χ3v) is 5.79. The molecule has 0 aliphatic carbocycles. The van der Waals surface area contributed by atoms with Crippen LogP contribution in [0.15, 0.2) is 36.4 Å². The lowest BCUT2D eigenvalue weighted by Crippen LogP contribution is -2.54. The lowest BCUT2D eigenvalue weighted by Gasteiger charge is -2.39. The molecular weight excluding hydrogens is 352 g/mol. The summed E-state index contributed by atoms with van der Waals surface area (Å²) in [6.07, 6.45) is 1.93. The number of amides is 2. The van der Waals surface area contributed by atoms with Gasteiger partial charge in [0, 0.05) is 19.1 Å². The Bertz CT molecular complexity index is 871. The monoisotopic (exact) mass is 378 g/mol. The van der Waals surface area contributed by atoms with Crippen LogP contribution in [0.2, 0.25) is 0 Å². The van der Waals surface area contributed by atoms with Crippen molar-refractivity contribution >= 4 is 6.03 Å². The summed E-state index contributed by atoms with van der Waals surface area (Å²) in [4.78, 5) is 17.1. The molecule has 0 spiro atoms. The molecule has 7 heteroatoms. The van der Waals surface area contributed by atoms with Crippen LogP contribution in [0.1, 0.15) is 23.4 Å². The van der Waals surface area contributed by atoms with Crippen molar-refractivity contribution in [1.29, 1.82) is 5.26 Å². The van der Waals surface area contributed by atoms with Gasteiger partial charge in [0.05, 0.1) is 18.8 Å². The molecule has 1 aromatic carbocycles. The van der Waals surface area contributed by atoms with Crippen LogP contribution in [0.25, 0.3) is 0 Å². The van der Waals surface area contributed by atoms with E-state index in [2.05, 4.69) is 52.7 Å². The summed E-state index contributed by atoms with van der Waals surface area (Å²) in [7, 11) is 2.15. The van der Waals surface area contributed by atoms with E-state index in [4.69, 9.17) is 5.26 Å². The van der Waals surface area contributed by atoms with Crippen molar-refractivity contribution in [2.45, 2.75) is 32.0 Å². The van der Waals surface area contributed by atoms with Crippen molar-refractivity contribution in [2.75, 3.05) is 26.7 Å². The number of piperidine rings is 1. The number of likely N-dealkylation sites (tertiary alicyclic amines) is 1. The van der Waals surface area contributed by atoms with E-state index in [9.17, 15) is 4.79 Å². The van der Waals surface area contributed by atoms with Gasteiger partial charge in [-0.05, 0) is 44.0 Å². The molecule has 0 saturated carbocycles. The zero-order valence-electron chi connectivity index (χ0n) is 16.2. The summed E-state index contributed by atoms with van der Waals surface area (Å²) in [5.74, 6) is 0.394. The topological polar surface area (TPSA) is 77.2 Å². The lowest BCUT2D eigenvalue weighted by atomic mass is 9.87. The van der Waals surface area contributed by atoms with E-state index < -0.39 is 0 Å². The van der Waals surface area contributed by atoms with E-state index in [0.717, 1.165) is 31.6 Å². The van der Waals surface area contributed by atoms with E-state index in [1.165, 1.54) is 5.56 Å². The lowest BCUT2D eigenvalue weighted by molar-refractivity contribution is 0.142. The first-order valence-electron chi connectivity index (χ1n) is 9.87. The molecule has 1 N–H and O–H groups in total. The molecule has 28 heavy (non-hydrogen) atoms. The summed E-state index contributed by atoms with van der Waals surface area (Å²) >= 11 is 0. The molecule has 4 rings (SSSR count). The molecule has 1 saturated heterocycles. The highest BCUT2D eigenvalue weighted by Crippen LogP contribution is 2.22. The van der Waals surface area contributed by atoms with Crippen molar-refractivity contribution in [3.8, 4) is 6.07 Å². The van der Waals surface area contributed by atoms with Gasteiger partial charge < -0.3 is 15.1 Å². The number of nitrogens with one attached hydrogen (secondary N) is 1. The number of nitriles is 1. The smallest absolute Gasteiger partial charge is 0.318 e. The number of aromatic nitrogens is 2. The Morgan fingerprint density at radius 1 is 1.29 bits per heavy atom. The van der Waals surface area contributed by atoms with Crippen LogP contribution in [0.5, 0.6) is 0 Å². The normalized spacial score (nSPS) is 22.4. The highest BCUT2D eigenvalue weighted by atomic mass is 16.2. The summed E-state index contributed by atoms with van der Waals surface area (Å²) < 4.78 is 1.83. The molecule has 3 heterocycles. The molecule has 2 aliphatic heterocycles. The Morgan fingerprint density at radius 3 is 2.89 bits per heavy atom. The number of hydrogen-bond acceptors (Lipinski definition) is 4. The van der Waals surface area contributed by atoms with Gasteiger partial charge in [0.2, 0.25) is 0 Å². The van der Waals surface area contributed by atoms with Crippen LogP contribution in [-0.2, 0) is 19.5 Å². The number of nitrogens with zero attached hydrogens (tertiary/aromatic N) is 5. The average molecular weight is 378 g/mol. The molecule has 0 unspecified atom stereocenters. The van der Waals surface area contributed by atoms with Crippen molar-refractivity contribution in [3.63, 3.8) is 0 Å².